The molecule has 0 spiro atoms. The standard InChI is InChI=1S/C19H23ClN2S/c20-16-7-5-14(6-8-16)18-13-23-19(21-18)15-9-11-22(12-10-15)17-3-1-2-4-17/h5-8,13,15,17H,1-4,9-12H2. The van der Waals surface area contributed by atoms with Crippen molar-refractivity contribution in [2.24, 2.45) is 0 Å². The summed E-state index contributed by atoms with van der Waals surface area (Å²) in [4.78, 5) is 7.65. The minimum Gasteiger partial charge on any atom is -0.300 e. The van der Waals surface area contributed by atoms with E-state index in [0.717, 1.165) is 16.8 Å². The van der Waals surface area contributed by atoms with Crippen LogP contribution in [0.2, 0.25) is 5.02 Å². The van der Waals surface area contributed by atoms with Gasteiger partial charge in [0.15, 0.2) is 0 Å². The van der Waals surface area contributed by atoms with Gasteiger partial charge in [0.25, 0.3) is 0 Å². The van der Waals surface area contributed by atoms with Gasteiger partial charge >= 0.3 is 0 Å². The number of benzene rings is 1. The first kappa shape index (κ1) is 15.6. The van der Waals surface area contributed by atoms with Gasteiger partial charge in [-0.15, -0.1) is 11.3 Å². The number of hydrogen-bond acceptors (Lipinski definition) is 3. The Kier molecular flexibility index (Phi) is 4.70. The van der Waals surface area contributed by atoms with Crippen LogP contribution in [0.25, 0.3) is 11.3 Å². The molecule has 2 fully saturated rings. The van der Waals surface area contributed by atoms with Gasteiger partial charge in [-0.25, -0.2) is 4.98 Å². The molecule has 2 aromatic rings. The van der Waals surface area contributed by atoms with Crippen molar-refractivity contribution in [2.45, 2.75) is 50.5 Å². The number of aromatic nitrogens is 1. The second-order valence-electron chi connectivity index (χ2n) is 6.83. The van der Waals surface area contributed by atoms with E-state index in [1.54, 1.807) is 0 Å². The Morgan fingerprint density at radius 1 is 1.00 bits per heavy atom. The van der Waals surface area contributed by atoms with E-state index in [1.807, 2.05) is 23.5 Å². The highest BCUT2D eigenvalue weighted by atomic mass is 35.5. The first-order valence-electron chi connectivity index (χ1n) is 8.75. The van der Waals surface area contributed by atoms with Crippen molar-refractivity contribution < 1.29 is 0 Å². The van der Waals surface area contributed by atoms with Crippen LogP contribution in [0.5, 0.6) is 0 Å². The summed E-state index contributed by atoms with van der Waals surface area (Å²) in [6, 6.07) is 8.87. The lowest BCUT2D eigenvalue weighted by Crippen LogP contribution is -2.39. The van der Waals surface area contributed by atoms with E-state index in [4.69, 9.17) is 16.6 Å². The molecule has 2 aliphatic rings. The third-order valence-electron chi connectivity index (χ3n) is 5.38. The largest absolute Gasteiger partial charge is 0.300 e. The molecule has 1 saturated heterocycles. The van der Waals surface area contributed by atoms with Gasteiger partial charge in [-0.1, -0.05) is 36.6 Å². The fraction of sp³-hybridized carbons (Fsp3) is 0.526. The van der Waals surface area contributed by atoms with Crippen molar-refractivity contribution in [1.82, 2.24) is 9.88 Å². The molecule has 1 aromatic carbocycles. The minimum absolute atomic E-state index is 0.652. The summed E-state index contributed by atoms with van der Waals surface area (Å²) in [5.74, 6) is 0.652. The summed E-state index contributed by atoms with van der Waals surface area (Å²) in [5.41, 5.74) is 2.26. The molecular weight excluding hydrogens is 324 g/mol. The number of halogens is 1. The fourth-order valence-electron chi connectivity index (χ4n) is 4.01. The van der Waals surface area contributed by atoms with Crippen LogP contribution in [0.4, 0.5) is 0 Å². The summed E-state index contributed by atoms with van der Waals surface area (Å²) < 4.78 is 0. The molecule has 0 N–H and O–H groups in total. The summed E-state index contributed by atoms with van der Waals surface area (Å²) in [7, 11) is 0. The molecule has 4 heteroatoms. The molecule has 1 saturated carbocycles. The van der Waals surface area contributed by atoms with E-state index in [-0.39, 0.29) is 0 Å². The third kappa shape index (κ3) is 3.47. The van der Waals surface area contributed by atoms with E-state index in [1.165, 1.54) is 62.2 Å². The predicted molar refractivity (Wildman–Crippen MR) is 98.4 cm³/mol. The molecule has 0 atom stereocenters. The van der Waals surface area contributed by atoms with Gasteiger partial charge in [0.05, 0.1) is 10.7 Å². The molecule has 0 bridgehead atoms. The average Bonchev–Trinajstić information content (AvgIpc) is 3.28. The third-order valence-corrected chi connectivity index (χ3v) is 6.64. The summed E-state index contributed by atoms with van der Waals surface area (Å²) in [5, 5.41) is 4.30. The smallest absolute Gasteiger partial charge is 0.0964 e. The highest BCUT2D eigenvalue weighted by Gasteiger charge is 2.28. The van der Waals surface area contributed by atoms with Crippen molar-refractivity contribution in [3.63, 3.8) is 0 Å². The zero-order valence-corrected chi connectivity index (χ0v) is 15.0. The van der Waals surface area contributed by atoms with Gasteiger partial charge in [-0.2, -0.15) is 0 Å². The van der Waals surface area contributed by atoms with Crippen molar-refractivity contribution in [2.75, 3.05) is 13.1 Å². The molecule has 4 rings (SSSR count). The highest BCUT2D eigenvalue weighted by molar-refractivity contribution is 7.10. The maximum atomic E-state index is 5.97. The fourth-order valence-corrected chi connectivity index (χ4v) is 5.14. The maximum Gasteiger partial charge on any atom is 0.0964 e. The van der Waals surface area contributed by atoms with Gasteiger partial charge in [0.2, 0.25) is 0 Å². The normalized spacial score (nSPS) is 21.1. The molecule has 23 heavy (non-hydrogen) atoms. The van der Waals surface area contributed by atoms with Crippen LogP contribution in [-0.4, -0.2) is 29.0 Å². The number of nitrogens with zero attached hydrogens (tertiary/aromatic N) is 2. The Morgan fingerprint density at radius 3 is 2.39 bits per heavy atom. The van der Waals surface area contributed by atoms with Crippen LogP contribution in [0.1, 0.15) is 49.5 Å². The number of rotatable bonds is 3. The molecule has 0 amide bonds. The van der Waals surface area contributed by atoms with E-state index in [2.05, 4.69) is 22.4 Å². The minimum atomic E-state index is 0.652. The van der Waals surface area contributed by atoms with Crippen molar-refractivity contribution in [1.29, 1.82) is 0 Å². The summed E-state index contributed by atoms with van der Waals surface area (Å²) >= 11 is 7.80. The molecular formula is C19H23ClN2S. The first-order chi connectivity index (χ1) is 11.3. The Bertz CT molecular complexity index is 638. The lowest BCUT2D eigenvalue weighted by atomic mass is 9.96. The summed E-state index contributed by atoms with van der Waals surface area (Å²) in [6.07, 6.45) is 8.24. The molecule has 1 aromatic heterocycles. The number of piperidine rings is 1. The van der Waals surface area contributed by atoms with Crippen LogP contribution < -0.4 is 0 Å². The average molecular weight is 347 g/mol. The van der Waals surface area contributed by atoms with Gasteiger partial charge in [0.1, 0.15) is 0 Å². The van der Waals surface area contributed by atoms with E-state index in [9.17, 15) is 0 Å². The van der Waals surface area contributed by atoms with Crippen LogP contribution >= 0.6 is 22.9 Å². The van der Waals surface area contributed by atoms with Gasteiger partial charge in [-0.3, -0.25) is 0 Å². The highest BCUT2D eigenvalue weighted by Crippen LogP contribution is 2.35. The SMILES string of the molecule is Clc1ccc(-c2csc(C3CCN(C4CCCC4)CC3)n2)cc1. The zero-order chi connectivity index (χ0) is 15.6. The molecule has 1 aliphatic carbocycles. The van der Waals surface area contributed by atoms with Gasteiger partial charge in [-0.05, 0) is 50.9 Å². The van der Waals surface area contributed by atoms with Crippen molar-refractivity contribution in [3.8, 4) is 11.3 Å². The van der Waals surface area contributed by atoms with Crippen LogP contribution in [0, 0.1) is 0 Å². The molecule has 2 nitrogen and oxygen atoms in total. The summed E-state index contributed by atoms with van der Waals surface area (Å²) in [6.45, 7) is 2.51. The van der Waals surface area contributed by atoms with Crippen LogP contribution in [-0.2, 0) is 0 Å². The topological polar surface area (TPSA) is 16.1 Å². The Balaban J connectivity index is 1.40. The quantitative estimate of drug-likeness (QED) is 0.720. The Hall–Kier alpha value is -0.900. The number of hydrogen-bond donors (Lipinski definition) is 0. The van der Waals surface area contributed by atoms with Crippen LogP contribution in [0.3, 0.4) is 0 Å². The van der Waals surface area contributed by atoms with E-state index >= 15 is 0 Å². The van der Waals surface area contributed by atoms with Gasteiger partial charge < -0.3 is 4.90 Å². The van der Waals surface area contributed by atoms with E-state index < -0.39 is 0 Å². The molecule has 2 heterocycles. The first-order valence-corrected chi connectivity index (χ1v) is 10.0. The Labute approximate surface area is 147 Å². The molecule has 0 radical (unpaired) electrons. The molecule has 0 unspecified atom stereocenters. The molecule has 122 valence electrons. The van der Waals surface area contributed by atoms with Crippen molar-refractivity contribution in [3.05, 3.63) is 39.7 Å². The predicted octanol–water partition coefficient (Wildman–Crippen LogP) is 5.59. The number of likely N-dealkylation sites (tertiary alicyclic amines) is 1. The van der Waals surface area contributed by atoms with Crippen LogP contribution in [0.15, 0.2) is 29.6 Å². The lowest BCUT2D eigenvalue weighted by molar-refractivity contribution is 0.154. The van der Waals surface area contributed by atoms with Crippen molar-refractivity contribution >= 4 is 22.9 Å². The second-order valence-corrected chi connectivity index (χ2v) is 8.15. The second kappa shape index (κ2) is 6.92. The monoisotopic (exact) mass is 346 g/mol. The van der Waals surface area contributed by atoms with Gasteiger partial charge in [0, 0.05) is 27.9 Å². The number of thiazole rings is 1. The zero-order valence-electron chi connectivity index (χ0n) is 13.4. The maximum absolute atomic E-state index is 5.97. The van der Waals surface area contributed by atoms with E-state index in [0.29, 0.717) is 5.92 Å². The lowest BCUT2D eigenvalue weighted by Gasteiger charge is -2.35. The Morgan fingerprint density at radius 2 is 1.70 bits per heavy atom. The molecule has 1 aliphatic heterocycles.